The van der Waals surface area contributed by atoms with Gasteiger partial charge in [-0.15, -0.1) is 10.2 Å². The molecule has 122 valence electrons. The second-order valence-electron chi connectivity index (χ2n) is 5.84. The lowest BCUT2D eigenvalue weighted by atomic mass is 10.2. The molecule has 1 heterocycles. The summed E-state index contributed by atoms with van der Waals surface area (Å²) < 4.78 is 2.01. The van der Waals surface area contributed by atoms with Crippen molar-refractivity contribution in [3.63, 3.8) is 0 Å². The number of amides is 1. The zero-order chi connectivity index (χ0) is 16.4. The second-order valence-corrected chi connectivity index (χ2v) is 7.22. The molecule has 1 fully saturated rings. The van der Waals surface area contributed by atoms with E-state index in [1.807, 2.05) is 42.9 Å². The molecular weight excluding hydrogens is 332 g/mol. The number of benzene rings is 1. The van der Waals surface area contributed by atoms with Crippen molar-refractivity contribution in [1.29, 1.82) is 0 Å². The normalized spacial score (nSPS) is 14.0. The summed E-state index contributed by atoms with van der Waals surface area (Å²) in [5.74, 6) is 2.03. The molecule has 1 aromatic carbocycles. The fourth-order valence-electron chi connectivity index (χ4n) is 2.34. The molecule has 23 heavy (non-hydrogen) atoms. The summed E-state index contributed by atoms with van der Waals surface area (Å²) in [6.45, 7) is 0.572. The van der Waals surface area contributed by atoms with Crippen molar-refractivity contribution in [1.82, 2.24) is 19.7 Å². The molecule has 2 aromatic rings. The van der Waals surface area contributed by atoms with Gasteiger partial charge in [-0.2, -0.15) is 0 Å². The van der Waals surface area contributed by atoms with E-state index in [1.54, 1.807) is 4.90 Å². The molecule has 5 nitrogen and oxygen atoms in total. The minimum Gasteiger partial charge on any atom is -0.341 e. The van der Waals surface area contributed by atoms with E-state index >= 15 is 0 Å². The van der Waals surface area contributed by atoms with E-state index in [2.05, 4.69) is 10.2 Å². The summed E-state index contributed by atoms with van der Waals surface area (Å²) in [6, 6.07) is 7.54. The molecule has 3 rings (SSSR count). The van der Waals surface area contributed by atoms with Crippen LogP contribution in [-0.4, -0.2) is 38.4 Å². The van der Waals surface area contributed by atoms with Crippen molar-refractivity contribution in [3.8, 4) is 0 Å². The van der Waals surface area contributed by atoms with Crippen molar-refractivity contribution in [3.05, 3.63) is 40.7 Å². The van der Waals surface area contributed by atoms with Crippen LogP contribution in [-0.2, 0) is 18.4 Å². The molecule has 0 atom stereocenters. The number of hydrogen-bond donors (Lipinski definition) is 0. The first kappa shape index (κ1) is 16.3. The standard InChI is InChI=1S/C16H19ClN4OS/c1-20(9-11-3-7-13(17)8-4-11)14(22)10-23-16-19-18-15(21(16)2)12-5-6-12/h3-4,7-8,12H,5-6,9-10H2,1-2H3. The molecule has 0 saturated heterocycles. The van der Waals surface area contributed by atoms with Gasteiger partial charge < -0.3 is 9.47 Å². The number of carbonyl (C=O) groups excluding carboxylic acids is 1. The maximum atomic E-state index is 12.3. The van der Waals surface area contributed by atoms with Crippen LogP contribution in [0.3, 0.4) is 0 Å². The van der Waals surface area contributed by atoms with Gasteiger partial charge in [-0.3, -0.25) is 4.79 Å². The number of hydrogen-bond acceptors (Lipinski definition) is 4. The molecule has 0 N–H and O–H groups in total. The molecule has 1 aliphatic rings. The number of thioether (sulfide) groups is 1. The third-order valence-electron chi connectivity index (χ3n) is 3.89. The first-order chi connectivity index (χ1) is 11.0. The molecular formula is C16H19ClN4OS. The quantitative estimate of drug-likeness (QED) is 0.751. The van der Waals surface area contributed by atoms with Crippen molar-refractivity contribution >= 4 is 29.3 Å². The van der Waals surface area contributed by atoms with Gasteiger partial charge in [-0.05, 0) is 30.5 Å². The Morgan fingerprint density at radius 3 is 2.70 bits per heavy atom. The van der Waals surface area contributed by atoms with Crippen LogP contribution in [0.15, 0.2) is 29.4 Å². The van der Waals surface area contributed by atoms with Crippen molar-refractivity contribution in [2.75, 3.05) is 12.8 Å². The average molecular weight is 351 g/mol. The predicted molar refractivity (Wildman–Crippen MR) is 91.6 cm³/mol. The van der Waals surface area contributed by atoms with Gasteiger partial charge in [-0.25, -0.2) is 0 Å². The summed E-state index contributed by atoms with van der Waals surface area (Å²) >= 11 is 7.31. The van der Waals surface area contributed by atoms with Crippen molar-refractivity contribution in [2.45, 2.75) is 30.5 Å². The molecule has 0 bridgehead atoms. The van der Waals surface area contributed by atoms with Crippen molar-refractivity contribution < 1.29 is 4.79 Å². The SMILES string of the molecule is CN(Cc1ccc(Cl)cc1)C(=O)CSc1nnc(C2CC2)n1C. The van der Waals surface area contributed by atoms with Crippen LogP contribution in [0.1, 0.15) is 30.1 Å². The van der Waals surface area contributed by atoms with Gasteiger partial charge in [0, 0.05) is 31.6 Å². The highest BCUT2D eigenvalue weighted by Gasteiger charge is 2.29. The van der Waals surface area contributed by atoms with Gasteiger partial charge in [0.05, 0.1) is 5.75 Å². The molecule has 1 aliphatic carbocycles. The Hall–Kier alpha value is -1.53. The Balaban J connectivity index is 1.53. The maximum absolute atomic E-state index is 12.3. The third-order valence-corrected chi connectivity index (χ3v) is 5.15. The van der Waals surface area contributed by atoms with Gasteiger partial charge >= 0.3 is 0 Å². The molecule has 1 aromatic heterocycles. The molecule has 1 amide bonds. The maximum Gasteiger partial charge on any atom is 0.233 e. The highest BCUT2D eigenvalue weighted by Crippen LogP contribution is 2.39. The molecule has 0 aliphatic heterocycles. The topological polar surface area (TPSA) is 51.0 Å². The van der Waals surface area contributed by atoms with Crippen LogP contribution in [0.25, 0.3) is 0 Å². The summed E-state index contributed by atoms with van der Waals surface area (Å²) in [6.07, 6.45) is 2.39. The van der Waals surface area contributed by atoms with Crippen LogP contribution in [0.2, 0.25) is 5.02 Å². The van der Waals surface area contributed by atoms with E-state index < -0.39 is 0 Å². The number of carbonyl (C=O) groups is 1. The van der Waals surface area contributed by atoms with Gasteiger partial charge in [0.25, 0.3) is 0 Å². The fourth-order valence-corrected chi connectivity index (χ4v) is 3.32. The largest absolute Gasteiger partial charge is 0.341 e. The van der Waals surface area contributed by atoms with Crippen molar-refractivity contribution in [2.24, 2.45) is 7.05 Å². The van der Waals surface area contributed by atoms with E-state index in [1.165, 1.54) is 24.6 Å². The van der Waals surface area contributed by atoms with Crippen LogP contribution >= 0.6 is 23.4 Å². The first-order valence-corrected chi connectivity index (χ1v) is 8.91. The predicted octanol–water partition coefficient (Wildman–Crippen LogP) is 3.10. The lowest BCUT2D eigenvalue weighted by Crippen LogP contribution is -2.27. The third kappa shape index (κ3) is 4.06. The summed E-state index contributed by atoms with van der Waals surface area (Å²) in [7, 11) is 3.78. The van der Waals surface area contributed by atoms with Crippen LogP contribution in [0.4, 0.5) is 0 Å². The average Bonchev–Trinajstić information content (AvgIpc) is 3.31. The smallest absolute Gasteiger partial charge is 0.233 e. The van der Waals surface area contributed by atoms with E-state index in [9.17, 15) is 4.79 Å². The Labute approximate surface area is 145 Å². The highest BCUT2D eigenvalue weighted by atomic mass is 35.5. The lowest BCUT2D eigenvalue weighted by Gasteiger charge is -2.17. The Morgan fingerprint density at radius 1 is 1.35 bits per heavy atom. The molecule has 0 unspecified atom stereocenters. The highest BCUT2D eigenvalue weighted by molar-refractivity contribution is 7.99. The zero-order valence-corrected chi connectivity index (χ0v) is 14.8. The fraction of sp³-hybridized carbons (Fsp3) is 0.438. The lowest BCUT2D eigenvalue weighted by molar-refractivity contribution is -0.127. The van der Waals surface area contributed by atoms with Gasteiger partial charge in [0.1, 0.15) is 5.82 Å². The minimum atomic E-state index is 0.0703. The Kier molecular flexibility index (Phi) is 4.92. The Bertz CT molecular complexity index is 697. The van der Waals surface area contributed by atoms with E-state index in [-0.39, 0.29) is 5.91 Å². The zero-order valence-electron chi connectivity index (χ0n) is 13.2. The second kappa shape index (κ2) is 6.93. The monoisotopic (exact) mass is 350 g/mol. The number of aromatic nitrogens is 3. The van der Waals surface area contributed by atoms with Gasteiger partial charge in [0.2, 0.25) is 5.91 Å². The van der Waals surface area contributed by atoms with Crippen LogP contribution in [0.5, 0.6) is 0 Å². The summed E-state index contributed by atoms with van der Waals surface area (Å²) in [5, 5.41) is 9.93. The van der Waals surface area contributed by atoms with Crippen LogP contribution < -0.4 is 0 Å². The summed E-state index contributed by atoms with van der Waals surface area (Å²) in [5.41, 5.74) is 1.06. The first-order valence-electron chi connectivity index (χ1n) is 7.55. The minimum absolute atomic E-state index is 0.0703. The van der Waals surface area contributed by atoms with E-state index in [4.69, 9.17) is 11.6 Å². The van der Waals surface area contributed by atoms with Crippen LogP contribution in [0, 0.1) is 0 Å². The molecule has 0 spiro atoms. The summed E-state index contributed by atoms with van der Waals surface area (Å²) in [4.78, 5) is 14.0. The van der Waals surface area contributed by atoms with Gasteiger partial charge in [-0.1, -0.05) is 35.5 Å². The van der Waals surface area contributed by atoms with Gasteiger partial charge in [0.15, 0.2) is 5.16 Å². The number of halogens is 1. The number of nitrogens with zero attached hydrogens (tertiary/aromatic N) is 4. The molecule has 7 heteroatoms. The number of rotatable bonds is 6. The van der Waals surface area contributed by atoms with E-state index in [0.717, 1.165) is 16.5 Å². The van der Waals surface area contributed by atoms with E-state index in [0.29, 0.717) is 23.2 Å². The Morgan fingerprint density at radius 2 is 2.04 bits per heavy atom. The molecule has 1 saturated carbocycles. The molecule has 0 radical (unpaired) electrons.